The lowest BCUT2D eigenvalue weighted by atomic mass is 10.2. The minimum atomic E-state index is -0.173. The van der Waals surface area contributed by atoms with Crippen LogP contribution in [0.1, 0.15) is 24.0 Å². The van der Waals surface area contributed by atoms with E-state index in [9.17, 15) is 4.79 Å². The normalized spacial score (nSPS) is 16.8. The first-order valence-corrected chi connectivity index (χ1v) is 9.89. The zero-order valence-corrected chi connectivity index (χ0v) is 16.0. The van der Waals surface area contributed by atoms with Crippen molar-refractivity contribution in [1.82, 2.24) is 15.3 Å². The lowest BCUT2D eigenvalue weighted by Crippen LogP contribution is -2.43. The molecule has 0 aliphatic carbocycles. The number of amides is 1. The molecule has 0 radical (unpaired) electrons. The monoisotopic (exact) mass is 382 g/mol. The first-order chi connectivity index (χ1) is 13.2. The van der Waals surface area contributed by atoms with Crippen LogP contribution in [0.15, 0.2) is 42.6 Å². The molecule has 1 amide bonds. The number of pyridine rings is 1. The summed E-state index contributed by atoms with van der Waals surface area (Å²) >= 11 is 1.59. The summed E-state index contributed by atoms with van der Waals surface area (Å²) in [6.07, 6.45) is 3.63. The Labute approximate surface area is 162 Å². The van der Waals surface area contributed by atoms with E-state index in [2.05, 4.69) is 26.3 Å². The molecule has 0 saturated carbocycles. The van der Waals surface area contributed by atoms with Crippen LogP contribution in [0.25, 0.3) is 10.3 Å². The Hall–Kier alpha value is -2.51. The van der Waals surface area contributed by atoms with E-state index in [-0.39, 0.29) is 11.9 Å². The van der Waals surface area contributed by atoms with Crippen LogP contribution in [0.2, 0.25) is 0 Å². The molecule has 1 fully saturated rings. The maximum atomic E-state index is 12.7. The standard InChI is InChI=1S/C20H22N4O2S/c1-26-13-15-10-17-18(21-12-15)23-20(27-17)24-9-5-8-16(24)19(25)22-11-14-6-3-2-4-7-14/h2-4,6-7,10,12,16H,5,8-9,11,13H2,1H3,(H,22,25)/t16-/m1/s1. The SMILES string of the molecule is COCc1cnc2nc(N3CCC[C@@H]3C(=O)NCc3ccccc3)sc2c1. The van der Waals surface area contributed by atoms with Gasteiger partial charge in [0.05, 0.1) is 11.3 Å². The number of nitrogens with zero attached hydrogens (tertiary/aromatic N) is 3. The van der Waals surface area contributed by atoms with Gasteiger partial charge in [0.15, 0.2) is 10.8 Å². The molecule has 3 aromatic rings. The molecular formula is C20H22N4O2S. The Kier molecular flexibility index (Phi) is 5.31. The van der Waals surface area contributed by atoms with Crippen LogP contribution in [-0.2, 0) is 22.7 Å². The van der Waals surface area contributed by atoms with Gasteiger partial charge in [-0.05, 0) is 30.0 Å². The molecule has 0 spiro atoms. The number of aromatic nitrogens is 2. The maximum Gasteiger partial charge on any atom is 0.243 e. The molecule has 0 bridgehead atoms. The quantitative estimate of drug-likeness (QED) is 0.709. The second-order valence-corrected chi connectivity index (χ2v) is 7.66. The third kappa shape index (κ3) is 3.94. The summed E-state index contributed by atoms with van der Waals surface area (Å²) in [7, 11) is 1.67. The molecular weight excluding hydrogens is 360 g/mol. The second-order valence-electron chi connectivity index (χ2n) is 6.65. The lowest BCUT2D eigenvalue weighted by Gasteiger charge is -2.23. The fourth-order valence-corrected chi connectivity index (χ4v) is 4.45. The van der Waals surface area contributed by atoms with E-state index >= 15 is 0 Å². The number of carbonyl (C=O) groups excluding carboxylic acids is 1. The Morgan fingerprint density at radius 3 is 3.00 bits per heavy atom. The van der Waals surface area contributed by atoms with Crippen LogP contribution in [0.5, 0.6) is 0 Å². The minimum Gasteiger partial charge on any atom is -0.380 e. The van der Waals surface area contributed by atoms with Crippen molar-refractivity contribution in [1.29, 1.82) is 0 Å². The largest absolute Gasteiger partial charge is 0.380 e. The van der Waals surface area contributed by atoms with Crippen molar-refractivity contribution >= 4 is 32.7 Å². The van der Waals surface area contributed by atoms with Gasteiger partial charge >= 0.3 is 0 Å². The number of hydrogen-bond acceptors (Lipinski definition) is 6. The predicted molar refractivity (Wildman–Crippen MR) is 107 cm³/mol. The number of fused-ring (bicyclic) bond motifs is 1. The van der Waals surface area contributed by atoms with Gasteiger partial charge in [-0.15, -0.1) is 0 Å². The Morgan fingerprint density at radius 2 is 2.19 bits per heavy atom. The van der Waals surface area contributed by atoms with Crippen LogP contribution in [0, 0.1) is 0 Å². The smallest absolute Gasteiger partial charge is 0.243 e. The molecule has 3 heterocycles. The highest BCUT2D eigenvalue weighted by molar-refractivity contribution is 7.22. The van der Waals surface area contributed by atoms with Gasteiger partial charge in [-0.25, -0.2) is 4.98 Å². The van der Waals surface area contributed by atoms with Crippen LogP contribution in [-0.4, -0.2) is 35.6 Å². The van der Waals surface area contributed by atoms with E-state index in [0.29, 0.717) is 13.2 Å². The Morgan fingerprint density at radius 1 is 1.33 bits per heavy atom. The highest BCUT2D eigenvalue weighted by atomic mass is 32.1. The van der Waals surface area contributed by atoms with E-state index in [1.807, 2.05) is 30.3 Å². The van der Waals surface area contributed by atoms with Crippen LogP contribution < -0.4 is 10.2 Å². The van der Waals surface area contributed by atoms with Gasteiger partial charge in [0, 0.05) is 26.4 Å². The highest BCUT2D eigenvalue weighted by Crippen LogP contribution is 2.33. The average Bonchev–Trinajstić information content (AvgIpc) is 3.33. The fraction of sp³-hybridized carbons (Fsp3) is 0.350. The topological polar surface area (TPSA) is 67.4 Å². The summed E-state index contributed by atoms with van der Waals surface area (Å²) < 4.78 is 6.20. The molecule has 6 nitrogen and oxygen atoms in total. The third-order valence-corrected chi connectivity index (χ3v) is 5.74. The summed E-state index contributed by atoms with van der Waals surface area (Å²) in [6.45, 7) is 1.92. The fourth-order valence-electron chi connectivity index (χ4n) is 3.39. The number of benzene rings is 1. The Balaban J connectivity index is 1.48. The molecule has 1 aliphatic heterocycles. The number of rotatable bonds is 6. The molecule has 140 valence electrons. The first-order valence-electron chi connectivity index (χ1n) is 9.07. The van der Waals surface area contributed by atoms with E-state index in [0.717, 1.165) is 46.0 Å². The summed E-state index contributed by atoms with van der Waals surface area (Å²) in [5.74, 6) is 0.0589. The van der Waals surface area contributed by atoms with E-state index in [4.69, 9.17) is 4.74 Å². The van der Waals surface area contributed by atoms with Gasteiger partial charge in [-0.2, -0.15) is 4.98 Å². The summed E-state index contributed by atoms with van der Waals surface area (Å²) in [4.78, 5) is 24.0. The minimum absolute atomic E-state index is 0.0589. The third-order valence-electron chi connectivity index (χ3n) is 4.71. The number of nitrogens with one attached hydrogen (secondary N) is 1. The van der Waals surface area contributed by atoms with Gasteiger partial charge in [-0.1, -0.05) is 41.7 Å². The van der Waals surface area contributed by atoms with Gasteiger partial charge in [0.2, 0.25) is 5.91 Å². The first kappa shape index (κ1) is 17.9. The maximum absolute atomic E-state index is 12.7. The molecule has 1 aromatic carbocycles. The highest BCUT2D eigenvalue weighted by Gasteiger charge is 2.32. The zero-order valence-electron chi connectivity index (χ0n) is 15.2. The average molecular weight is 382 g/mol. The number of methoxy groups -OCH3 is 1. The molecule has 1 aliphatic rings. The number of anilines is 1. The number of carbonyl (C=O) groups is 1. The predicted octanol–water partition coefficient (Wildman–Crippen LogP) is 3.12. The summed E-state index contributed by atoms with van der Waals surface area (Å²) in [5.41, 5.74) is 2.86. The molecule has 1 saturated heterocycles. The number of ether oxygens (including phenoxy) is 1. The molecule has 1 N–H and O–H groups in total. The number of thiazole rings is 1. The molecule has 2 aromatic heterocycles. The molecule has 7 heteroatoms. The van der Waals surface area contributed by atoms with Crippen LogP contribution in [0.3, 0.4) is 0 Å². The van der Waals surface area contributed by atoms with Gasteiger partial charge < -0.3 is 15.0 Å². The molecule has 1 atom stereocenters. The lowest BCUT2D eigenvalue weighted by molar-refractivity contribution is -0.122. The molecule has 27 heavy (non-hydrogen) atoms. The van der Waals surface area contributed by atoms with Gasteiger partial charge in [0.1, 0.15) is 6.04 Å². The van der Waals surface area contributed by atoms with Crippen molar-refractivity contribution in [2.45, 2.75) is 32.0 Å². The summed E-state index contributed by atoms with van der Waals surface area (Å²) in [5, 5.41) is 3.93. The molecule has 0 unspecified atom stereocenters. The van der Waals surface area contributed by atoms with Gasteiger partial charge in [-0.3, -0.25) is 4.79 Å². The van der Waals surface area contributed by atoms with E-state index in [1.165, 1.54) is 0 Å². The summed E-state index contributed by atoms with van der Waals surface area (Å²) in [6, 6.07) is 11.9. The van der Waals surface area contributed by atoms with Crippen molar-refractivity contribution in [3.05, 3.63) is 53.7 Å². The van der Waals surface area contributed by atoms with Crippen molar-refractivity contribution in [3.8, 4) is 0 Å². The Bertz CT molecular complexity index is 928. The van der Waals surface area contributed by atoms with Crippen molar-refractivity contribution in [3.63, 3.8) is 0 Å². The van der Waals surface area contributed by atoms with Crippen molar-refractivity contribution < 1.29 is 9.53 Å². The second kappa shape index (κ2) is 8.02. The number of hydrogen-bond donors (Lipinski definition) is 1. The molecule has 4 rings (SSSR count). The zero-order chi connectivity index (χ0) is 18.6. The van der Waals surface area contributed by atoms with E-state index < -0.39 is 0 Å². The van der Waals surface area contributed by atoms with E-state index in [1.54, 1.807) is 24.6 Å². The van der Waals surface area contributed by atoms with Gasteiger partial charge in [0.25, 0.3) is 0 Å². The van der Waals surface area contributed by atoms with Crippen molar-refractivity contribution in [2.24, 2.45) is 0 Å². The van der Waals surface area contributed by atoms with Crippen molar-refractivity contribution in [2.75, 3.05) is 18.6 Å². The van der Waals surface area contributed by atoms with Crippen LogP contribution >= 0.6 is 11.3 Å². The van der Waals surface area contributed by atoms with Crippen LogP contribution in [0.4, 0.5) is 5.13 Å².